The van der Waals surface area contributed by atoms with Crippen LogP contribution in [0.15, 0.2) is 18.2 Å². The van der Waals surface area contributed by atoms with E-state index in [0.29, 0.717) is 36.8 Å². The third kappa shape index (κ3) is 3.94. The van der Waals surface area contributed by atoms with E-state index in [4.69, 9.17) is 14.2 Å². The van der Waals surface area contributed by atoms with Gasteiger partial charge in [0.2, 0.25) is 0 Å². The van der Waals surface area contributed by atoms with Crippen LogP contribution >= 0.6 is 0 Å². The number of esters is 1. The molecule has 1 atom stereocenters. The molecule has 0 spiro atoms. The molecule has 1 unspecified atom stereocenters. The van der Waals surface area contributed by atoms with Crippen molar-refractivity contribution in [2.45, 2.75) is 19.8 Å². The highest BCUT2D eigenvalue weighted by molar-refractivity contribution is 5.95. The predicted octanol–water partition coefficient (Wildman–Crippen LogP) is 2.12. The molecule has 1 aliphatic heterocycles. The summed E-state index contributed by atoms with van der Waals surface area (Å²) in [4.78, 5) is 26.3. The van der Waals surface area contributed by atoms with Crippen LogP contribution in [-0.4, -0.2) is 50.7 Å². The molecule has 1 aliphatic rings. The van der Waals surface area contributed by atoms with Gasteiger partial charge in [-0.25, -0.2) is 0 Å². The maximum Gasteiger partial charge on any atom is 0.310 e. The van der Waals surface area contributed by atoms with E-state index in [1.807, 2.05) is 0 Å². The molecule has 1 fully saturated rings. The topological polar surface area (TPSA) is 65.1 Å². The van der Waals surface area contributed by atoms with E-state index in [9.17, 15) is 9.59 Å². The number of amides is 1. The minimum atomic E-state index is -0.243. The van der Waals surface area contributed by atoms with Gasteiger partial charge in [-0.05, 0) is 38.0 Å². The second-order valence-corrected chi connectivity index (χ2v) is 5.41. The first kappa shape index (κ1) is 17.1. The smallest absolute Gasteiger partial charge is 0.310 e. The summed E-state index contributed by atoms with van der Waals surface area (Å²) in [7, 11) is 3.08. The lowest BCUT2D eigenvalue weighted by atomic mass is 9.97. The number of piperidine rings is 1. The lowest BCUT2D eigenvalue weighted by molar-refractivity contribution is -0.149. The van der Waals surface area contributed by atoms with Gasteiger partial charge in [0.25, 0.3) is 5.91 Å². The largest absolute Gasteiger partial charge is 0.493 e. The highest BCUT2D eigenvalue weighted by Crippen LogP contribution is 2.29. The first-order valence-corrected chi connectivity index (χ1v) is 7.78. The first-order valence-electron chi connectivity index (χ1n) is 7.78. The fourth-order valence-corrected chi connectivity index (χ4v) is 2.77. The lowest BCUT2D eigenvalue weighted by Crippen LogP contribution is -2.42. The van der Waals surface area contributed by atoms with Crippen molar-refractivity contribution in [2.24, 2.45) is 5.92 Å². The Morgan fingerprint density at radius 3 is 2.61 bits per heavy atom. The molecule has 0 aliphatic carbocycles. The third-order valence-electron chi connectivity index (χ3n) is 3.96. The Kier molecular flexibility index (Phi) is 5.84. The Morgan fingerprint density at radius 2 is 1.96 bits per heavy atom. The van der Waals surface area contributed by atoms with E-state index in [1.165, 1.54) is 7.11 Å². The molecule has 126 valence electrons. The highest BCUT2D eigenvalue weighted by atomic mass is 16.5. The molecule has 0 N–H and O–H groups in total. The number of likely N-dealkylation sites (tertiary alicyclic amines) is 1. The summed E-state index contributed by atoms with van der Waals surface area (Å²) in [5, 5.41) is 0. The predicted molar refractivity (Wildman–Crippen MR) is 84.8 cm³/mol. The molecule has 0 aromatic heterocycles. The summed E-state index contributed by atoms with van der Waals surface area (Å²) < 4.78 is 15.5. The molecule has 2 rings (SSSR count). The van der Waals surface area contributed by atoms with Crippen LogP contribution in [0.1, 0.15) is 30.1 Å². The van der Waals surface area contributed by atoms with E-state index in [-0.39, 0.29) is 17.8 Å². The number of carbonyl (C=O) groups is 2. The van der Waals surface area contributed by atoms with Gasteiger partial charge >= 0.3 is 5.97 Å². The SMILES string of the molecule is CCOC(=O)C1CCCN(C(=O)c2ccc(OC)c(OC)c2)C1. The van der Waals surface area contributed by atoms with Gasteiger partial charge in [-0.1, -0.05) is 0 Å². The van der Waals surface area contributed by atoms with Crippen molar-refractivity contribution >= 4 is 11.9 Å². The van der Waals surface area contributed by atoms with E-state index in [1.54, 1.807) is 37.1 Å². The molecule has 0 radical (unpaired) electrons. The van der Waals surface area contributed by atoms with Gasteiger partial charge in [0.05, 0.1) is 26.7 Å². The molecular formula is C17H23NO5. The van der Waals surface area contributed by atoms with E-state index in [2.05, 4.69) is 0 Å². The van der Waals surface area contributed by atoms with Crippen molar-refractivity contribution in [3.8, 4) is 11.5 Å². The van der Waals surface area contributed by atoms with Crippen LogP contribution in [0.25, 0.3) is 0 Å². The molecule has 1 amide bonds. The monoisotopic (exact) mass is 321 g/mol. The normalized spacial score (nSPS) is 17.5. The summed E-state index contributed by atoms with van der Waals surface area (Å²) >= 11 is 0. The molecule has 1 heterocycles. The molecule has 1 aromatic rings. The number of hydrogen-bond donors (Lipinski definition) is 0. The van der Waals surface area contributed by atoms with Crippen molar-refractivity contribution < 1.29 is 23.8 Å². The van der Waals surface area contributed by atoms with Crippen molar-refractivity contribution in [1.82, 2.24) is 4.90 Å². The van der Waals surface area contributed by atoms with Crippen LogP contribution in [0.4, 0.5) is 0 Å². The van der Waals surface area contributed by atoms with Crippen molar-refractivity contribution in [2.75, 3.05) is 33.9 Å². The third-order valence-corrected chi connectivity index (χ3v) is 3.96. The summed E-state index contributed by atoms with van der Waals surface area (Å²) in [6.07, 6.45) is 1.55. The van der Waals surface area contributed by atoms with Crippen molar-refractivity contribution in [3.63, 3.8) is 0 Å². The number of carbonyl (C=O) groups excluding carboxylic acids is 2. The Bertz CT molecular complexity index is 572. The number of benzene rings is 1. The second-order valence-electron chi connectivity index (χ2n) is 5.41. The quantitative estimate of drug-likeness (QED) is 0.777. The number of ether oxygens (including phenoxy) is 3. The first-order chi connectivity index (χ1) is 11.1. The second kappa shape index (κ2) is 7.85. The number of methoxy groups -OCH3 is 2. The summed E-state index contributed by atoms with van der Waals surface area (Å²) in [6, 6.07) is 5.08. The number of rotatable bonds is 5. The zero-order valence-corrected chi connectivity index (χ0v) is 13.8. The van der Waals surface area contributed by atoms with Gasteiger partial charge in [0.15, 0.2) is 11.5 Å². The lowest BCUT2D eigenvalue weighted by Gasteiger charge is -2.31. The zero-order chi connectivity index (χ0) is 16.8. The van der Waals surface area contributed by atoms with Gasteiger partial charge in [-0.2, -0.15) is 0 Å². The summed E-state index contributed by atoms with van der Waals surface area (Å²) in [5.41, 5.74) is 0.521. The molecule has 1 saturated heterocycles. The fraction of sp³-hybridized carbons (Fsp3) is 0.529. The van der Waals surface area contributed by atoms with Gasteiger partial charge in [-0.3, -0.25) is 9.59 Å². The fourth-order valence-electron chi connectivity index (χ4n) is 2.77. The maximum atomic E-state index is 12.7. The molecular weight excluding hydrogens is 298 g/mol. The average Bonchev–Trinajstić information content (AvgIpc) is 2.60. The Balaban J connectivity index is 2.12. The van der Waals surface area contributed by atoms with Crippen LogP contribution in [0.2, 0.25) is 0 Å². The van der Waals surface area contributed by atoms with Crippen LogP contribution in [0, 0.1) is 5.92 Å². The van der Waals surface area contributed by atoms with Gasteiger partial charge in [0, 0.05) is 18.7 Å². The molecule has 6 heteroatoms. The van der Waals surface area contributed by atoms with Gasteiger partial charge < -0.3 is 19.1 Å². The van der Waals surface area contributed by atoms with Crippen molar-refractivity contribution in [3.05, 3.63) is 23.8 Å². The molecule has 6 nitrogen and oxygen atoms in total. The van der Waals surface area contributed by atoms with Crippen LogP contribution in [-0.2, 0) is 9.53 Å². The average molecular weight is 321 g/mol. The number of hydrogen-bond acceptors (Lipinski definition) is 5. The minimum Gasteiger partial charge on any atom is -0.493 e. The molecule has 23 heavy (non-hydrogen) atoms. The molecule has 0 saturated carbocycles. The van der Waals surface area contributed by atoms with Crippen LogP contribution in [0.5, 0.6) is 11.5 Å². The maximum absolute atomic E-state index is 12.7. The van der Waals surface area contributed by atoms with Crippen molar-refractivity contribution in [1.29, 1.82) is 0 Å². The standard InChI is InChI=1S/C17H23NO5/c1-4-23-17(20)13-6-5-9-18(11-13)16(19)12-7-8-14(21-2)15(10-12)22-3/h7-8,10,13H,4-6,9,11H2,1-3H3. The van der Waals surface area contributed by atoms with Gasteiger partial charge in [0.1, 0.15) is 0 Å². The molecule has 0 bridgehead atoms. The Morgan fingerprint density at radius 1 is 1.22 bits per heavy atom. The Labute approximate surface area is 136 Å². The van der Waals surface area contributed by atoms with E-state index >= 15 is 0 Å². The van der Waals surface area contributed by atoms with Gasteiger partial charge in [-0.15, -0.1) is 0 Å². The number of nitrogens with zero attached hydrogens (tertiary/aromatic N) is 1. The summed E-state index contributed by atoms with van der Waals surface area (Å²) in [6.45, 7) is 3.18. The van der Waals surface area contributed by atoms with E-state index < -0.39 is 0 Å². The zero-order valence-electron chi connectivity index (χ0n) is 13.8. The molecule has 1 aromatic carbocycles. The van der Waals surface area contributed by atoms with E-state index in [0.717, 1.165) is 12.8 Å². The highest BCUT2D eigenvalue weighted by Gasteiger charge is 2.30. The van der Waals surface area contributed by atoms with Crippen LogP contribution in [0.3, 0.4) is 0 Å². The summed E-state index contributed by atoms with van der Waals surface area (Å²) in [5.74, 6) is 0.509. The Hall–Kier alpha value is -2.24. The van der Waals surface area contributed by atoms with Crippen LogP contribution < -0.4 is 9.47 Å². The minimum absolute atomic E-state index is 0.111.